The Hall–Kier alpha value is -0.960. The number of aliphatic hydroxyl groups excluding tert-OH is 3. The monoisotopic (exact) mass is 212 g/mol. The minimum atomic E-state index is -1.50. The van der Waals surface area contributed by atoms with Crippen molar-refractivity contribution in [3.63, 3.8) is 0 Å². The van der Waals surface area contributed by atoms with Crippen molar-refractivity contribution >= 4 is 0 Å². The Morgan fingerprint density at radius 1 is 1.07 bits per heavy atom. The van der Waals surface area contributed by atoms with Gasteiger partial charge in [-0.15, -0.1) is 10.1 Å². The van der Waals surface area contributed by atoms with E-state index in [1.54, 1.807) is 0 Å². The molecule has 0 aromatic heterocycles. The molecule has 8 nitrogen and oxygen atoms in total. The Labute approximate surface area is 81.1 Å². The molecular weight excluding hydrogens is 196 g/mol. The van der Waals surface area contributed by atoms with Crippen LogP contribution in [0, 0.1) is 10.1 Å². The predicted octanol–water partition coefficient (Wildman–Crippen LogP) is -1.04. The highest BCUT2D eigenvalue weighted by Crippen LogP contribution is 2.04. The molecule has 0 spiro atoms. The van der Waals surface area contributed by atoms with Gasteiger partial charge in [-0.25, -0.2) is 4.90 Å². The van der Waals surface area contributed by atoms with Gasteiger partial charge in [-0.2, -0.15) is 0 Å². The van der Waals surface area contributed by atoms with Crippen molar-refractivity contribution in [3.8, 4) is 0 Å². The Morgan fingerprint density at radius 3 is 1.21 bits per heavy atom. The highest BCUT2D eigenvalue weighted by molar-refractivity contribution is 4.58. The summed E-state index contributed by atoms with van der Waals surface area (Å²) in [4.78, 5) is 9.53. The first-order chi connectivity index (χ1) is 6.20. The molecule has 0 aliphatic rings. The van der Waals surface area contributed by atoms with Gasteiger partial charge in [0.05, 0.1) is 0 Å². The number of aliphatic hydroxyl groups is 3. The van der Waals surface area contributed by atoms with Crippen molar-refractivity contribution in [2.45, 2.75) is 39.5 Å². The molecule has 0 saturated carbocycles. The van der Waals surface area contributed by atoms with Gasteiger partial charge in [0.1, 0.15) is 18.7 Å². The molecule has 0 bridgehead atoms. The lowest BCUT2D eigenvalue weighted by atomic mass is 10.4. The first kappa shape index (κ1) is 15.5. The molecule has 0 fully saturated rings. The van der Waals surface area contributed by atoms with E-state index in [0.717, 1.165) is 0 Å². The van der Waals surface area contributed by atoms with E-state index in [2.05, 4.69) is 0 Å². The summed E-state index contributed by atoms with van der Waals surface area (Å²) in [5.41, 5.74) is 0. The van der Waals surface area contributed by atoms with Crippen molar-refractivity contribution in [2.24, 2.45) is 0 Å². The lowest BCUT2D eigenvalue weighted by Gasteiger charge is -2.30. The Morgan fingerprint density at radius 2 is 1.21 bits per heavy atom. The second-order valence-electron chi connectivity index (χ2n) is 2.58. The van der Waals surface area contributed by atoms with Crippen LogP contribution in [-0.4, -0.2) is 49.2 Å². The summed E-state index contributed by atoms with van der Waals surface area (Å²) in [5, 5.41) is 40.5. The lowest BCUT2D eigenvalue weighted by molar-refractivity contribution is -0.742. The van der Waals surface area contributed by atoms with E-state index >= 15 is 0 Å². The maximum absolute atomic E-state index is 8.96. The largest absolute Gasteiger partial charge is 0.379 e. The summed E-state index contributed by atoms with van der Waals surface area (Å²) in [7, 11) is 0. The van der Waals surface area contributed by atoms with E-state index in [4.69, 9.17) is 30.6 Å². The van der Waals surface area contributed by atoms with Gasteiger partial charge in [0.2, 0.25) is 0 Å². The second kappa shape index (κ2) is 7.44. The summed E-state index contributed by atoms with van der Waals surface area (Å²) in [5.74, 6) is 0. The van der Waals surface area contributed by atoms with Gasteiger partial charge in [-0.1, -0.05) is 0 Å². The number of hydrogen-bond donors (Lipinski definition) is 4. The molecule has 0 rings (SSSR count). The van der Waals surface area contributed by atoms with Gasteiger partial charge in [-0.3, -0.25) is 0 Å². The van der Waals surface area contributed by atoms with Crippen LogP contribution in [0.5, 0.6) is 0 Å². The fourth-order valence-corrected chi connectivity index (χ4v) is 0.937. The normalized spacial score (nSPS) is 16.5. The van der Waals surface area contributed by atoms with Crippen LogP contribution in [-0.2, 0) is 0 Å². The zero-order valence-corrected chi connectivity index (χ0v) is 8.23. The first-order valence-corrected chi connectivity index (χ1v) is 3.85. The lowest BCUT2D eigenvalue weighted by Crippen LogP contribution is -2.45. The average molecular weight is 212 g/mol. The Balaban J connectivity index is 0. The van der Waals surface area contributed by atoms with Crippen LogP contribution >= 0.6 is 0 Å². The smallest absolute Gasteiger partial charge is 0.291 e. The van der Waals surface area contributed by atoms with E-state index in [0.29, 0.717) is 0 Å². The summed E-state index contributed by atoms with van der Waals surface area (Å²) in [6, 6.07) is 0. The van der Waals surface area contributed by atoms with Gasteiger partial charge in [0, 0.05) is 0 Å². The molecule has 8 heteroatoms. The van der Waals surface area contributed by atoms with Crippen LogP contribution in [0.1, 0.15) is 20.8 Å². The molecule has 0 aliphatic carbocycles. The van der Waals surface area contributed by atoms with E-state index in [9.17, 15) is 0 Å². The zero-order chi connectivity index (χ0) is 11.9. The van der Waals surface area contributed by atoms with Crippen molar-refractivity contribution < 1.29 is 25.6 Å². The van der Waals surface area contributed by atoms with Crippen molar-refractivity contribution in [1.29, 1.82) is 0 Å². The van der Waals surface area contributed by atoms with Gasteiger partial charge in [-0.05, 0) is 20.8 Å². The molecule has 0 amide bonds. The van der Waals surface area contributed by atoms with Gasteiger partial charge < -0.3 is 20.5 Å². The molecule has 0 saturated heterocycles. The van der Waals surface area contributed by atoms with Crippen molar-refractivity contribution in [2.75, 3.05) is 0 Å². The zero-order valence-electron chi connectivity index (χ0n) is 8.23. The van der Waals surface area contributed by atoms with E-state index < -0.39 is 23.8 Å². The highest BCUT2D eigenvalue weighted by atomic mass is 16.9. The molecular formula is C6H16N2O6. The third-order valence-corrected chi connectivity index (χ3v) is 1.29. The Bertz CT molecular complexity index is 137. The standard InChI is InChI=1S/C6H15NO3.HNO3/c1-4(8)7(5(2)9)6(3)10;2-1(3)4/h4-6,8-10H,1-3H3;(H,2,3,4). The number of hydrogen-bond acceptors (Lipinski definition) is 6. The highest BCUT2D eigenvalue weighted by Gasteiger charge is 2.20. The third-order valence-electron chi connectivity index (χ3n) is 1.29. The summed E-state index contributed by atoms with van der Waals surface area (Å²) in [6.45, 7) is 4.46. The molecule has 4 N–H and O–H groups in total. The summed E-state index contributed by atoms with van der Waals surface area (Å²) >= 11 is 0. The van der Waals surface area contributed by atoms with Gasteiger partial charge in [0.25, 0.3) is 5.09 Å². The Kier molecular flexibility index (Phi) is 8.25. The van der Waals surface area contributed by atoms with Gasteiger partial charge in [0.15, 0.2) is 0 Å². The predicted molar refractivity (Wildman–Crippen MR) is 45.7 cm³/mol. The van der Waals surface area contributed by atoms with Crippen LogP contribution in [0.4, 0.5) is 0 Å². The first-order valence-electron chi connectivity index (χ1n) is 3.85. The van der Waals surface area contributed by atoms with Crippen molar-refractivity contribution in [1.82, 2.24) is 4.90 Å². The minimum absolute atomic E-state index is 0.833. The maximum atomic E-state index is 8.96. The van der Waals surface area contributed by atoms with E-state index in [1.807, 2.05) is 0 Å². The molecule has 0 radical (unpaired) electrons. The average Bonchev–Trinajstić information content (AvgIpc) is 1.80. The summed E-state index contributed by atoms with van der Waals surface area (Å²) in [6.07, 6.45) is -2.50. The number of nitrogens with zero attached hydrogens (tertiary/aromatic N) is 2. The molecule has 14 heavy (non-hydrogen) atoms. The molecule has 3 unspecified atom stereocenters. The van der Waals surface area contributed by atoms with E-state index in [-0.39, 0.29) is 0 Å². The van der Waals surface area contributed by atoms with Crippen LogP contribution in [0.2, 0.25) is 0 Å². The van der Waals surface area contributed by atoms with E-state index in [1.165, 1.54) is 25.7 Å². The van der Waals surface area contributed by atoms with Crippen LogP contribution < -0.4 is 0 Å². The molecule has 0 aromatic carbocycles. The minimum Gasteiger partial charge on any atom is -0.379 e. The van der Waals surface area contributed by atoms with Gasteiger partial charge >= 0.3 is 0 Å². The van der Waals surface area contributed by atoms with Crippen molar-refractivity contribution in [3.05, 3.63) is 10.1 Å². The quantitative estimate of drug-likeness (QED) is 0.267. The fourth-order valence-electron chi connectivity index (χ4n) is 0.937. The number of rotatable bonds is 3. The topological polar surface area (TPSA) is 127 Å². The molecule has 0 heterocycles. The summed E-state index contributed by atoms with van der Waals surface area (Å²) < 4.78 is 0. The third kappa shape index (κ3) is 9.13. The second-order valence-corrected chi connectivity index (χ2v) is 2.58. The fraction of sp³-hybridized carbons (Fsp3) is 1.00. The molecule has 86 valence electrons. The molecule has 3 atom stereocenters. The van der Waals surface area contributed by atoms with Crippen LogP contribution in [0.3, 0.4) is 0 Å². The molecule has 0 aromatic rings. The SMILES string of the molecule is CC(O)N(C(C)O)C(C)O.O=[N+]([O-])O. The molecule has 0 aliphatic heterocycles. The maximum Gasteiger partial charge on any atom is 0.291 e. The van der Waals surface area contributed by atoms with Crippen LogP contribution in [0.15, 0.2) is 0 Å². The van der Waals surface area contributed by atoms with Crippen LogP contribution in [0.25, 0.3) is 0 Å².